The zero-order valence-corrected chi connectivity index (χ0v) is 22.4. The highest BCUT2D eigenvalue weighted by Crippen LogP contribution is 2.42. The molecule has 0 aromatic heterocycles. The van der Waals surface area contributed by atoms with E-state index >= 15 is 0 Å². The number of halogens is 1. The maximum absolute atomic E-state index is 13.6. The number of hydrogen-bond acceptors (Lipinski definition) is 4. The first-order valence-electron chi connectivity index (χ1n) is 12.3. The monoisotopic (exact) mass is 529 g/mol. The van der Waals surface area contributed by atoms with Gasteiger partial charge >= 0.3 is 0 Å². The lowest BCUT2D eigenvalue weighted by molar-refractivity contribution is -0.117. The fourth-order valence-corrected chi connectivity index (χ4v) is 5.62. The molecule has 0 bridgehead atoms. The molecule has 7 heteroatoms. The van der Waals surface area contributed by atoms with Gasteiger partial charge in [-0.15, -0.1) is 0 Å². The van der Waals surface area contributed by atoms with E-state index in [2.05, 4.69) is 18.3 Å². The fourth-order valence-electron chi connectivity index (χ4n) is 4.11. The van der Waals surface area contributed by atoms with Gasteiger partial charge in [-0.1, -0.05) is 79.2 Å². The van der Waals surface area contributed by atoms with Gasteiger partial charge < -0.3 is 5.32 Å². The van der Waals surface area contributed by atoms with Crippen LogP contribution >= 0.6 is 23.4 Å². The van der Waals surface area contributed by atoms with Crippen molar-refractivity contribution in [3.05, 3.63) is 105 Å². The minimum Gasteiger partial charge on any atom is -0.321 e. The van der Waals surface area contributed by atoms with E-state index in [0.29, 0.717) is 27.8 Å². The Hall–Kier alpha value is -3.53. The average molecular weight is 530 g/mol. The molecule has 0 spiro atoms. The van der Waals surface area contributed by atoms with Crippen molar-refractivity contribution in [2.75, 3.05) is 10.2 Å². The van der Waals surface area contributed by atoms with E-state index in [4.69, 9.17) is 11.6 Å². The molecule has 1 heterocycles. The maximum Gasteiger partial charge on any atom is 0.269 e. The number of anilines is 2. The van der Waals surface area contributed by atoms with Crippen molar-refractivity contribution in [1.29, 1.82) is 5.26 Å². The molecule has 1 aliphatic rings. The lowest BCUT2D eigenvalue weighted by Gasteiger charge is -2.18. The average Bonchev–Trinajstić information content (AvgIpc) is 3.21. The summed E-state index contributed by atoms with van der Waals surface area (Å²) >= 11 is 7.55. The Balaban J connectivity index is 1.64. The Bertz CT molecular complexity index is 1360. The van der Waals surface area contributed by atoms with Crippen molar-refractivity contribution in [1.82, 2.24) is 0 Å². The van der Waals surface area contributed by atoms with Crippen LogP contribution in [0.2, 0.25) is 5.02 Å². The largest absolute Gasteiger partial charge is 0.321 e. The van der Waals surface area contributed by atoms with E-state index in [1.54, 1.807) is 12.1 Å². The van der Waals surface area contributed by atoms with Crippen molar-refractivity contribution in [3.8, 4) is 6.07 Å². The summed E-state index contributed by atoms with van der Waals surface area (Å²) in [5.74, 6) is -0.720. The smallest absolute Gasteiger partial charge is 0.269 e. The number of unbranched alkanes of at least 4 members (excludes halogenated alkanes) is 1. The highest BCUT2D eigenvalue weighted by atomic mass is 35.5. The number of nitriles is 1. The second-order valence-electron chi connectivity index (χ2n) is 8.95. The number of carbonyl (C=O) groups excluding carboxylic acids is 2. The number of nitrogens with zero attached hydrogens (tertiary/aromatic N) is 2. The molecule has 1 N–H and O–H groups in total. The van der Waals surface area contributed by atoms with Gasteiger partial charge in [0.15, 0.2) is 0 Å². The topological polar surface area (TPSA) is 73.2 Å². The number of hydrogen-bond donors (Lipinski definition) is 1. The zero-order valence-electron chi connectivity index (χ0n) is 20.8. The summed E-state index contributed by atoms with van der Waals surface area (Å²) in [6, 6.07) is 24.5. The van der Waals surface area contributed by atoms with Gasteiger partial charge in [0.2, 0.25) is 5.91 Å². The van der Waals surface area contributed by atoms with Gasteiger partial charge in [-0.25, -0.2) is 0 Å². The van der Waals surface area contributed by atoms with Gasteiger partial charge in [0.25, 0.3) is 5.91 Å². The second-order valence-corrected chi connectivity index (χ2v) is 10.5. The molecule has 1 fully saturated rings. The summed E-state index contributed by atoms with van der Waals surface area (Å²) in [4.78, 5) is 28.3. The van der Waals surface area contributed by atoms with Gasteiger partial charge in [-0.2, -0.15) is 5.26 Å². The number of amides is 2. The van der Waals surface area contributed by atoms with E-state index in [-0.39, 0.29) is 11.5 Å². The molecule has 2 amide bonds. The molecule has 0 unspecified atom stereocenters. The van der Waals surface area contributed by atoms with Crippen LogP contribution in [0.1, 0.15) is 36.5 Å². The molecule has 0 saturated carbocycles. The van der Waals surface area contributed by atoms with Crippen LogP contribution in [0, 0.1) is 18.3 Å². The van der Waals surface area contributed by atoms with Crippen LogP contribution in [0.15, 0.2) is 83.4 Å². The third-order valence-corrected chi connectivity index (χ3v) is 7.88. The SMILES string of the molecule is CCCCc1ccc(NC(=O)/C(C#N)=C2\S[C@@H](Cc3ccc(C)c(Cl)c3)C(=O)N2c2ccccc2)cc1. The Morgan fingerprint density at radius 2 is 1.78 bits per heavy atom. The van der Waals surface area contributed by atoms with Gasteiger partial charge in [-0.3, -0.25) is 14.5 Å². The number of rotatable bonds is 8. The summed E-state index contributed by atoms with van der Waals surface area (Å²) in [6.45, 7) is 4.08. The number of aryl methyl sites for hydroxylation is 2. The number of benzene rings is 3. The number of thioether (sulfide) groups is 1. The Kier molecular flexibility index (Phi) is 8.70. The highest BCUT2D eigenvalue weighted by Gasteiger charge is 2.40. The zero-order chi connectivity index (χ0) is 26.4. The minimum absolute atomic E-state index is 0.0956. The van der Waals surface area contributed by atoms with E-state index in [9.17, 15) is 14.9 Å². The molecule has 1 saturated heterocycles. The van der Waals surface area contributed by atoms with Gasteiger partial charge in [0.1, 0.15) is 16.7 Å². The normalized spacial score (nSPS) is 16.4. The molecule has 4 rings (SSSR count). The fraction of sp³-hybridized carbons (Fsp3) is 0.233. The van der Waals surface area contributed by atoms with Crippen LogP contribution in [-0.2, 0) is 22.4 Å². The molecular formula is C30H28ClN3O2S. The van der Waals surface area contributed by atoms with Crippen molar-refractivity contribution in [3.63, 3.8) is 0 Å². The number of carbonyl (C=O) groups is 2. The van der Waals surface area contributed by atoms with Gasteiger partial charge in [0, 0.05) is 16.4 Å². The summed E-state index contributed by atoms with van der Waals surface area (Å²) in [5.41, 5.74) is 4.20. The van der Waals surface area contributed by atoms with Crippen LogP contribution < -0.4 is 10.2 Å². The van der Waals surface area contributed by atoms with Gasteiger partial charge in [-0.05, 0) is 73.2 Å². The summed E-state index contributed by atoms with van der Waals surface area (Å²) in [6.07, 6.45) is 3.63. The quantitative estimate of drug-likeness (QED) is 0.250. The predicted octanol–water partition coefficient (Wildman–Crippen LogP) is 7.06. The molecule has 37 heavy (non-hydrogen) atoms. The molecule has 3 aromatic rings. The van der Waals surface area contributed by atoms with Crippen molar-refractivity contribution >= 4 is 46.6 Å². The molecule has 0 radical (unpaired) electrons. The maximum atomic E-state index is 13.6. The molecular weight excluding hydrogens is 502 g/mol. The van der Waals surface area contributed by atoms with Crippen LogP contribution in [0.25, 0.3) is 0 Å². The van der Waals surface area contributed by atoms with E-state index in [1.807, 2.05) is 67.6 Å². The lowest BCUT2D eigenvalue weighted by atomic mass is 10.1. The Morgan fingerprint density at radius 1 is 1.08 bits per heavy atom. The van der Waals surface area contributed by atoms with Crippen molar-refractivity contribution in [2.24, 2.45) is 0 Å². The standard InChI is InChI=1S/C30H28ClN3O2S/c1-3-4-8-21-13-15-23(16-14-21)33-28(35)25(19-32)30-34(24-9-6-5-7-10-24)29(36)27(37-30)18-22-12-11-20(2)26(31)17-22/h5-7,9-17,27H,3-4,8,18H2,1-2H3,(H,33,35)/b30-25-/t27-/m0/s1. The first-order chi connectivity index (χ1) is 17.9. The number of para-hydroxylation sites is 1. The summed E-state index contributed by atoms with van der Waals surface area (Å²) in [5, 5.41) is 13.3. The second kappa shape index (κ2) is 12.1. The van der Waals surface area contributed by atoms with Crippen molar-refractivity contribution < 1.29 is 9.59 Å². The third kappa shape index (κ3) is 6.25. The molecule has 1 aliphatic heterocycles. The van der Waals surface area contributed by atoms with E-state index < -0.39 is 11.2 Å². The molecule has 1 atom stereocenters. The first kappa shape index (κ1) is 26.5. The van der Waals surface area contributed by atoms with Crippen LogP contribution in [0.4, 0.5) is 11.4 Å². The van der Waals surface area contributed by atoms with Crippen LogP contribution in [0.5, 0.6) is 0 Å². The molecule has 5 nitrogen and oxygen atoms in total. The Labute approximate surface area is 227 Å². The summed E-state index contributed by atoms with van der Waals surface area (Å²) < 4.78 is 0. The number of nitrogens with one attached hydrogen (secondary N) is 1. The molecule has 188 valence electrons. The van der Waals surface area contributed by atoms with Crippen LogP contribution in [0.3, 0.4) is 0 Å². The summed E-state index contributed by atoms with van der Waals surface area (Å²) in [7, 11) is 0. The van der Waals surface area contributed by atoms with E-state index in [1.165, 1.54) is 22.2 Å². The van der Waals surface area contributed by atoms with Crippen molar-refractivity contribution in [2.45, 2.75) is 44.8 Å². The molecule has 3 aromatic carbocycles. The Morgan fingerprint density at radius 3 is 2.43 bits per heavy atom. The predicted molar refractivity (Wildman–Crippen MR) is 152 cm³/mol. The lowest BCUT2D eigenvalue weighted by Crippen LogP contribution is -2.30. The minimum atomic E-state index is -0.543. The van der Waals surface area contributed by atoms with Gasteiger partial charge in [0.05, 0.1) is 5.25 Å². The van der Waals surface area contributed by atoms with Crippen LogP contribution in [-0.4, -0.2) is 17.1 Å². The van der Waals surface area contributed by atoms with E-state index in [0.717, 1.165) is 30.4 Å². The highest BCUT2D eigenvalue weighted by molar-refractivity contribution is 8.05. The third-order valence-electron chi connectivity index (χ3n) is 6.21. The molecule has 0 aliphatic carbocycles. The first-order valence-corrected chi connectivity index (χ1v) is 13.5.